The summed E-state index contributed by atoms with van der Waals surface area (Å²) in [4.78, 5) is 0. The maximum atomic E-state index is 10.4. The third-order valence-electron chi connectivity index (χ3n) is 5.28. The number of benzene rings is 2. The van der Waals surface area contributed by atoms with Crippen molar-refractivity contribution in [1.82, 2.24) is 0 Å². The normalized spacial score (nSPS) is 17.9. The first-order chi connectivity index (χ1) is 12.8. The molecule has 0 aromatic heterocycles. The van der Waals surface area contributed by atoms with Gasteiger partial charge in [-0.1, -0.05) is 66.8 Å². The molecule has 0 bridgehead atoms. The average Bonchev–Trinajstić information content (AvgIpc) is 3.00. The van der Waals surface area contributed by atoms with Crippen molar-refractivity contribution < 1.29 is 5.11 Å². The molecular formula is C25H22O. The summed E-state index contributed by atoms with van der Waals surface area (Å²) in [7, 11) is 0. The van der Waals surface area contributed by atoms with Gasteiger partial charge in [-0.15, -0.1) is 13.2 Å². The van der Waals surface area contributed by atoms with E-state index in [0.29, 0.717) is 12.2 Å². The Kier molecular flexibility index (Phi) is 4.22. The van der Waals surface area contributed by atoms with Gasteiger partial charge in [0.05, 0.1) is 0 Å². The van der Waals surface area contributed by atoms with E-state index in [0.717, 1.165) is 12.0 Å². The van der Waals surface area contributed by atoms with Crippen LogP contribution in [-0.2, 0) is 0 Å². The molecule has 2 aliphatic carbocycles. The number of aliphatic hydroxyl groups excluding tert-OH is 1. The molecule has 1 N–H and O–H groups in total. The molecule has 1 heteroatoms. The first kappa shape index (κ1) is 16.4. The summed E-state index contributed by atoms with van der Waals surface area (Å²) >= 11 is 0. The van der Waals surface area contributed by atoms with Gasteiger partial charge in [0.1, 0.15) is 5.76 Å². The van der Waals surface area contributed by atoms with Crippen LogP contribution in [0.15, 0.2) is 103 Å². The lowest BCUT2D eigenvalue weighted by molar-refractivity contribution is 0.411. The molecule has 0 spiro atoms. The molecule has 1 nitrogen and oxygen atoms in total. The highest BCUT2D eigenvalue weighted by atomic mass is 16.3. The topological polar surface area (TPSA) is 20.2 Å². The lowest BCUT2D eigenvalue weighted by Gasteiger charge is -2.26. The second kappa shape index (κ2) is 6.68. The van der Waals surface area contributed by atoms with Crippen LogP contribution in [0, 0.1) is 5.92 Å². The van der Waals surface area contributed by atoms with Gasteiger partial charge in [0.15, 0.2) is 0 Å². The van der Waals surface area contributed by atoms with Crippen LogP contribution in [0.4, 0.5) is 0 Å². The van der Waals surface area contributed by atoms with Crippen molar-refractivity contribution in [3.05, 3.63) is 114 Å². The Balaban J connectivity index is 2.00. The predicted octanol–water partition coefficient (Wildman–Crippen LogP) is 6.62. The van der Waals surface area contributed by atoms with Gasteiger partial charge in [-0.2, -0.15) is 0 Å². The Morgan fingerprint density at radius 1 is 0.808 bits per heavy atom. The third kappa shape index (κ3) is 2.48. The standard InChI is InChI=1S/C25H22O/c1-3-9-17-20(10-4-2)24(26)16-15-23(17)25-21-13-7-5-11-18(21)19-12-6-8-14-22(19)25/h3-8,11-17,26H,1-2,9-10H2. The van der Waals surface area contributed by atoms with E-state index in [1.165, 1.54) is 33.4 Å². The number of hydrogen-bond donors (Lipinski definition) is 1. The minimum absolute atomic E-state index is 0.115. The average molecular weight is 338 g/mol. The van der Waals surface area contributed by atoms with Gasteiger partial charge in [0.25, 0.3) is 0 Å². The van der Waals surface area contributed by atoms with E-state index in [4.69, 9.17) is 0 Å². The number of aliphatic hydroxyl groups is 1. The van der Waals surface area contributed by atoms with Gasteiger partial charge >= 0.3 is 0 Å². The minimum Gasteiger partial charge on any atom is -0.508 e. The molecule has 2 aliphatic rings. The Hall–Kier alpha value is -3.06. The quantitative estimate of drug-likeness (QED) is 0.530. The maximum Gasteiger partial charge on any atom is 0.115 e. The van der Waals surface area contributed by atoms with Crippen LogP contribution in [0.3, 0.4) is 0 Å². The lowest BCUT2D eigenvalue weighted by atomic mass is 9.78. The second-order valence-corrected chi connectivity index (χ2v) is 6.74. The fraction of sp³-hybridized carbons (Fsp3) is 0.120. The minimum atomic E-state index is 0.115. The van der Waals surface area contributed by atoms with E-state index >= 15 is 0 Å². The van der Waals surface area contributed by atoms with E-state index in [2.05, 4.69) is 67.8 Å². The molecule has 0 saturated carbocycles. The van der Waals surface area contributed by atoms with E-state index in [1.54, 1.807) is 0 Å². The molecule has 0 amide bonds. The maximum absolute atomic E-state index is 10.4. The third-order valence-corrected chi connectivity index (χ3v) is 5.28. The molecular weight excluding hydrogens is 316 g/mol. The van der Waals surface area contributed by atoms with Gasteiger partial charge in [0.2, 0.25) is 0 Å². The lowest BCUT2D eigenvalue weighted by Crippen LogP contribution is -2.13. The van der Waals surface area contributed by atoms with Crippen molar-refractivity contribution in [3.8, 4) is 11.1 Å². The highest BCUT2D eigenvalue weighted by molar-refractivity contribution is 6.03. The highest BCUT2D eigenvalue weighted by Crippen LogP contribution is 2.49. The molecule has 0 aliphatic heterocycles. The van der Waals surface area contributed by atoms with Crippen LogP contribution >= 0.6 is 0 Å². The fourth-order valence-corrected chi connectivity index (χ4v) is 4.18. The van der Waals surface area contributed by atoms with Gasteiger partial charge in [-0.05, 0) is 57.9 Å². The molecule has 2 aromatic rings. The zero-order valence-corrected chi connectivity index (χ0v) is 14.8. The van der Waals surface area contributed by atoms with Gasteiger partial charge < -0.3 is 5.11 Å². The highest BCUT2D eigenvalue weighted by Gasteiger charge is 2.30. The summed E-state index contributed by atoms with van der Waals surface area (Å²) in [6.07, 6.45) is 9.16. The number of hydrogen-bond acceptors (Lipinski definition) is 1. The summed E-state index contributed by atoms with van der Waals surface area (Å²) in [6, 6.07) is 17.1. The van der Waals surface area contributed by atoms with Crippen molar-refractivity contribution in [3.63, 3.8) is 0 Å². The van der Waals surface area contributed by atoms with Crippen LogP contribution in [0.5, 0.6) is 0 Å². The summed E-state index contributed by atoms with van der Waals surface area (Å²) < 4.78 is 0. The van der Waals surface area contributed by atoms with Crippen molar-refractivity contribution in [2.45, 2.75) is 12.8 Å². The Morgan fingerprint density at radius 2 is 1.38 bits per heavy atom. The van der Waals surface area contributed by atoms with Crippen LogP contribution in [0.1, 0.15) is 24.0 Å². The van der Waals surface area contributed by atoms with Crippen molar-refractivity contribution in [1.29, 1.82) is 0 Å². The zero-order valence-electron chi connectivity index (χ0n) is 14.8. The molecule has 26 heavy (non-hydrogen) atoms. The molecule has 2 aromatic carbocycles. The summed E-state index contributed by atoms with van der Waals surface area (Å²) in [6.45, 7) is 7.81. The predicted molar refractivity (Wildman–Crippen MR) is 110 cm³/mol. The fourth-order valence-electron chi connectivity index (χ4n) is 4.18. The number of allylic oxidation sites excluding steroid dienone is 6. The molecule has 128 valence electrons. The van der Waals surface area contributed by atoms with E-state index in [-0.39, 0.29) is 5.92 Å². The van der Waals surface area contributed by atoms with E-state index < -0.39 is 0 Å². The van der Waals surface area contributed by atoms with Crippen LogP contribution in [-0.4, -0.2) is 5.11 Å². The second-order valence-electron chi connectivity index (χ2n) is 6.74. The molecule has 0 fully saturated rings. The summed E-state index contributed by atoms with van der Waals surface area (Å²) in [5.41, 5.74) is 8.63. The Morgan fingerprint density at radius 3 is 1.92 bits per heavy atom. The molecule has 0 heterocycles. The summed E-state index contributed by atoms with van der Waals surface area (Å²) in [5.74, 6) is 0.477. The first-order valence-electron chi connectivity index (χ1n) is 9.01. The van der Waals surface area contributed by atoms with Crippen molar-refractivity contribution >= 4 is 5.57 Å². The Labute approximate surface area is 155 Å². The molecule has 0 radical (unpaired) electrons. The van der Waals surface area contributed by atoms with Crippen LogP contribution < -0.4 is 0 Å². The Bertz CT molecular complexity index is 937. The smallest absolute Gasteiger partial charge is 0.115 e. The van der Waals surface area contributed by atoms with E-state index in [9.17, 15) is 5.11 Å². The van der Waals surface area contributed by atoms with Gasteiger partial charge in [0, 0.05) is 5.92 Å². The summed E-state index contributed by atoms with van der Waals surface area (Å²) in [5, 5.41) is 10.4. The monoisotopic (exact) mass is 338 g/mol. The van der Waals surface area contributed by atoms with Crippen molar-refractivity contribution in [2.24, 2.45) is 5.92 Å². The SMILES string of the molecule is C=CCC1=C(O)C=CC(=C2c3ccccc3-c3ccccc32)C1CC=C. The largest absolute Gasteiger partial charge is 0.508 e. The zero-order chi connectivity index (χ0) is 18.1. The van der Waals surface area contributed by atoms with Crippen LogP contribution in [0.25, 0.3) is 16.7 Å². The van der Waals surface area contributed by atoms with Gasteiger partial charge in [-0.25, -0.2) is 0 Å². The first-order valence-corrected chi connectivity index (χ1v) is 9.01. The number of fused-ring (bicyclic) bond motifs is 3. The van der Waals surface area contributed by atoms with Crippen LogP contribution in [0.2, 0.25) is 0 Å². The molecule has 0 saturated heterocycles. The van der Waals surface area contributed by atoms with E-state index in [1.807, 2.05) is 18.2 Å². The van der Waals surface area contributed by atoms with Crippen molar-refractivity contribution in [2.75, 3.05) is 0 Å². The molecule has 1 unspecified atom stereocenters. The number of rotatable bonds is 4. The molecule has 4 rings (SSSR count). The van der Waals surface area contributed by atoms with Gasteiger partial charge in [-0.3, -0.25) is 0 Å². The molecule has 1 atom stereocenters.